The molecule has 0 aliphatic carbocycles. The Bertz CT molecular complexity index is 786. The Labute approximate surface area is 138 Å². The molecule has 0 unspecified atom stereocenters. The van der Waals surface area contributed by atoms with Crippen molar-refractivity contribution in [3.05, 3.63) is 57.6 Å². The first-order chi connectivity index (χ1) is 10.8. The molecule has 0 spiro atoms. The van der Waals surface area contributed by atoms with Gasteiger partial charge >= 0.3 is 5.97 Å². The fourth-order valence-corrected chi connectivity index (χ4v) is 2.39. The standard InChI is InChI=1S/C17H16ClNO4/c1-9-4-5-11(6-10(9)2)16(20)19-14-8-12(17(21)22)7-13(18)15(14)23-3/h4-8H,1-3H3,(H,19,20)(H,21,22). The van der Waals surface area contributed by atoms with Gasteiger partial charge in [0.1, 0.15) is 0 Å². The monoisotopic (exact) mass is 333 g/mol. The van der Waals surface area contributed by atoms with Crippen molar-refractivity contribution in [3.63, 3.8) is 0 Å². The lowest BCUT2D eigenvalue weighted by molar-refractivity contribution is 0.0696. The van der Waals surface area contributed by atoms with Crippen LogP contribution in [0.15, 0.2) is 30.3 Å². The van der Waals surface area contributed by atoms with Crippen molar-refractivity contribution in [2.24, 2.45) is 0 Å². The van der Waals surface area contributed by atoms with E-state index in [9.17, 15) is 9.59 Å². The third-order valence-corrected chi connectivity index (χ3v) is 3.79. The number of carboxylic acid groups (broad SMARTS) is 1. The summed E-state index contributed by atoms with van der Waals surface area (Å²) in [7, 11) is 1.40. The zero-order chi connectivity index (χ0) is 17.1. The molecule has 0 aliphatic heterocycles. The van der Waals surface area contributed by atoms with Crippen molar-refractivity contribution >= 4 is 29.2 Å². The summed E-state index contributed by atoms with van der Waals surface area (Å²) < 4.78 is 5.15. The Morgan fingerprint density at radius 1 is 1.09 bits per heavy atom. The van der Waals surface area contributed by atoms with Gasteiger partial charge in [-0.25, -0.2) is 4.79 Å². The molecule has 0 saturated carbocycles. The number of aromatic carboxylic acids is 1. The smallest absolute Gasteiger partial charge is 0.335 e. The molecule has 0 saturated heterocycles. The number of carbonyl (C=O) groups is 2. The first-order valence-corrected chi connectivity index (χ1v) is 7.20. The maximum atomic E-state index is 12.4. The van der Waals surface area contributed by atoms with Crippen LogP contribution in [0.3, 0.4) is 0 Å². The largest absolute Gasteiger partial charge is 0.493 e. The number of hydrogen-bond acceptors (Lipinski definition) is 3. The van der Waals surface area contributed by atoms with Gasteiger partial charge in [-0.15, -0.1) is 0 Å². The van der Waals surface area contributed by atoms with Gasteiger partial charge < -0.3 is 15.2 Å². The highest BCUT2D eigenvalue weighted by Gasteiger charge is 2.17. The van der Waals surface area contributed by atoms with E-state index in [2.05, 4.69) is 5.32 Å². The van der Waals surface area contributed by atoms with Crippen LogP contribution >= 0.6 is 11.6 Å². The number of benzene rings is 2. The summed E-state index contributed by atoms with van der Waals surface area (Å²) in [5.41, 5.74) is 2.70. The summed E-state index contributed by atoms with van der Waals surface area (Å²) in [4.78, 5) is 23.5. The number of aryl methyl sites for hydroxylation is 2. The lowest BCUT2D eigenvalue weighted by Crippen LogP contribution is -2.14. The lowest BCUT2D eigenvalue weighted by atomic mass is 10.1. The Hall–Kier alpha value is -2.53. The third kappa shape index (κ3) is 3.63. The minimum atomic E-state index is -1.14. The molecular formula is C17H16ClNO4. The number of ether oxygens (including phenoxy) is 1. The molecule has 0 aliphatic rings. The number of carboxylic acids is 1. The molecule has 120 valence electrons. The van der Waals surface area contributed by atoms with E-state index in [4.69, 9.17) is 21.4 Å². The number of rotatable bonds is 4. The van der Waals surface area contributed by atoms with E-state index in [0.717, 1.165) is 11.1 Å². The molecule has 0 aromatic heterocycles. The van der Waals surface area contributed by atoms with Crippen LogP contribution in [0, 0.1) is 13.8 Å². The van der Waals surface area contributed by atoms with Crippen LogP contribution < -0.4 is 10.1 Å². The quantitative estimate of drug-likeness (QED) is 0.889. The molecule has 6 heteroatoms. The van der Waals surface area contributed by atoms with Crippen molar-refractivity contribution in [3.8, 4) is 5.75 Å². The maximum absolute atomic E-state index is 12.4. The lowest BCUT2D eigenvalue weighted by Gasteiger charge is -2.13. The van der Waals surface area contributed by atoms with E-state index in [1.54, 1.807) is 12.1 Å². The first-order valence-electron chi connectivity index (χ1n) is 6.83. The van der Waals surface area contributed by atoms with Gasteiger partial charge in [0.25, 0.3) is 5.91 Å². The van der Waals surface area contributed by atoms with Crippen molar-refractivity contribution in [1.29, 1.82) is 0 Å². The molecule has 0 radical (unpaired) electrons. The summed E-state index contributed by atoms with van der Waals surface area (Å²) >= 11 is 6.01. The van der Waals surface area contributed by atoms with Crippen molar-refractivity contribution in [2.75, 3.05) is 12.4 Å². The van der Waals surface area contributed by atoms with Crippen LogP contribution in [0.25, 0.3) is 0 Å². The average molecular weight is 334 g/mol. The third-order valence-electron chi connectivity index (χ3n) is 3.51. The molecule has 0 heterocycles. The van der Waals surface area contributed by atoms with Crippen LogP contribution in [-0.2, 0) is 0 Å². The fraction of sp³-hybridized carbons (Fsp3) is 0.176. The minimum absolute atomic E-state index is 0.0359. The topological polar surface area (TPSA) is 75.6 Å². The summed E-state index contributed by atoms with van der Waals surface area (Å²) in [5, 5.41) is 11.9. The van der Waals surface area contributed by atoms with Crippen LogP contribution in [0.5, 0.6) is 5.75 Å². The molecule has 2 N–H and O–H groups in total. The zero-order valence-electron chi connectivity index (χ0n) is 12.9. The zero-order valence-corrected chi connectivity index (χ0v) is 13.7. The average Bonchev–Trinajstić information content (AvgIpc) is 2.49. The van der Waals surface area contributed by atoms with E-state index < -0.39 is 5.97 Å². The fourth-order valence-electron chi connectivity index (χ4n) is 2.09. The molecule has 2 aromatic rings. The minimum Gasteiger partial charge on any atom is -0.493 e. The second-order valence-corrected chi connectivity index (χ2v) is 5.50. The number of hydrogen-bond donors (Lipinski definition) is 2. The molecule has 0 fully saturated rings. The first kappa shape index (κ1) is 16.8. The Morgan fingerprint density at radius 2 is 1.78 bits per heavy atom. The van der Waals surface area contributed by atoms with E-state index in [-0.39, 0.29) is 27.9 Å². The van der Waals surface area contributed by atoms with Crippen molar-refractivity contribution in [2.45, 2.75) is 13.8 Å². The number of methoxy groups -OCH3 is 1. The van der Waals surface area contributed by atoms with Crippen LogP contribution in [-0.4, -0.2) is 24.1 Å². The Balaban J connectivity index is 2.39. The number of carbonyl (C=O) groups excluding carboxylic acids is 1. The Morgan fingerprint density at radius 3 is 2.35 bits per heavy atom. The summed E-state index contributed by atoms with van der Waals surface area (Å²) in [6.07, 6.45) is 0. The highest BCUT2D eigenvalue weighted by atomic mass is 35.5. The molecule has 23 heavy (non-hydrogen) atoms. The molecule has 1 amide bonds. The molecule has 0 atom stereocenters. The summed E-state index contributed by atoms with van der Waals surface area (Å²) in [6.45, 7) is 3.87. The second kappa shape index (κ2) is 6.71. The highest BCUT2D eigenvalue weighted by molar-refractivity contribution is 6.33. The number of halogens is 1. The molecule has 2 rings (SSSR count). The van der Waals surface area contributed by atoms with Crippen LogP contribution in [0.4, 0.5) is 5.69 Å². The van der Waals surface area contributed by atoms with Gasteiger partial charge in [-0.2, -0.15) is 0 Å². The van der Waals surface area contributed by atoms with E-state index in [1.165, 1.54) is 19.2 Å². The van der Waals surface area contributed by atoms with Gasteiger partial charge in [0, 0.05) is 5.56 Å². The number of anilines is 1. The second-order valence-electron chi connectivity index (χ2n) is 5.10. The van der Waals surface area contributed by atoms with Crippen LogP contribution in [0.2, 0.25) is 5.02 Å². The van der Waals surface area contributed by atoms with Crippen molar-refractivity contribution in [1.82, 2.24) is 0 Å². The normalized spacial score (nSPS) is 10.3. The molecule has 2 aromatic carbocycles. The van der Waals surface area contributed by atoms with Gasteiger partial charge in [0.2, 0.25) is 0 Å². The van der Waals surface area contributed by atoms with Gasteiger partial charge in [0.05, 0.1) is 23.4 Å². The van der Waals surface area contributed by atoms with Gasteiger partial charge in [-0.05, 0) is 49.2 Å². The highest BCUT2D eigenvalue weighted by Crippen LogP contribution is 2.34. The molecular weight excluding hydrogens is 318 g/mol. The molecule has 0 bridgehead atoms. The van der Waals surface area contributed by atoms with E-state index >= 15 is 0 Å². The predicted octanol–water partition coefficient (Wildman–Crippen LogP) is 3.92. The predicted molar refractivity (Wildman–Crippen MR) is 88.8 cm³/mol. The number of nitrogens with one attached hydrogen (secondary N) is 1. The SMILES string of the molecule is COc1c(Cl)cc(C(=O)O)cc1NC(=O)c1ccc(C)c(C)c1. The van der Waals surface area contributed by atoms with E-state index in [0.29, 0.717) is 5.56 Å². The van der Waals surface area contributed by atoms with Gasteiger partial charge in [0.15, 0.2) is 5.75 Å². The number of amides is 1. The van der Waals surface area contributed by atoms with Crippen molar-refractivity contribution < 1.29 is 19.4 Å². The summed E-state index contributed by atoms with van der Waals surface area (Å²) in [5.74, 6) is -1.30. The van der Waals surface area contributed by atoms with E-state index in [1.807, 2.05) is 19.9 Å². The van der Waals surface area contributed by atoms with Crippen LogP contribution in [0.1, 0.15) is 31.8 Å². The summed E-state index contributed by atoms with van der Waals surface area (Å²) in [6, 6.07) is 7.90. The maximum Gasteiger partial charge on any atom is 0.335 e. The van der Waals surface area contributed by atoms with Gasteiger partial charge in [-0.3, -0.25) is 4.79 Å². The Kier molecular flexibility index (Phi) is 4.91. The molecule has 5 nitrogen and oxygen atoms in total. The van der Waals surface area contributed by atoms with Gasteiger partial charge in [-0.1, -0.05) is 17.7 Å².